The first-order valence-corrected chi connectivity index (χ1v) is 8.29. The molecule has 0 radical (unpaired) electrons. The summed E-state index contributed by atoms with van der Waals surface area (Å²) < 4.78 is 10.8. The van der Waals surface area contributed by atoms with Crippen LogP contribution in [-0.2, 0) is 17.6 Å². The molecule has 1 amide bonds. The minimum Gasteiger partial charge on any atom is -0.493 e. The third kappa shape index (κ3) is 4.59. The number of carbonyl (C=O) groups is 2. The Morgan fingerprint density at radius 3 is 2.32 bits per heavy atom. The average molecular weight is 341 g/mol. The number of rotatable bonds is 8. The molecule has 5 nitrogen and oxygen atoms in total. The molecule has 0 aliphatic heterocycles. The first-order chi connectivity index (χ1) is 12.1. The number of benzene rings is 2. The number of carbonyl (C=O) groups excluding carboxylic acids is 2. The minimum atomic E-state index is -0.239. The lowest BCUT2D eigenvalue weighted by atomic mass is 10.0. The number of hydrogen-bond donors (Lipinski definition) is 1. The maximum Gasteiger partial charge on any atom is 0.262 e. The van der Waals surface area contributed by atoms with Gasteiger partial charge >= 0.3 is 0 Å². The van der Waals surface area contributed by atoms with E-state index in [-0.39, 0.29) is 12.5 Å². The molecule has 0 spiro atoms. The zero-order valence-electron chi connectivity index (χ0n) is 14.8. The van der Waals surface area contributed by atoms with Gasteiger partial charge in [0.2, 0.25) is 0 Å². The van der Waals surface area contributed by atoms with Crippen LogP contribution < -0.4 is 14.8 Å². The molecule has 0 atom stereocenters. The third-order valence-electron chi connectivity index (χ3n) is 3.95. The maximum absolute atomic E-state index is 12.3. The van der Waals surface area contributed by atoms with Crippen molar-refractivity contribution in [2.75, 3.05) is 19.0 Å². The van der Waals surface area contributed by atoms with E-state index in [0.717, 1.165) is 35.9 Å². The molecule has 2 aromatic rings. The molecule has 0 heterocycles. The van der Waals surface area contributed by atoms with Crippen molar-refractivity contribution in [2.24, 2.45) is 0 Å². The summed E-state index contributed by atoms with van der Waals surface area (Å²) in [5.41, 5.74) is 3.55. The van der Waals surface area contributed by atoms with Crippen LogP contribution in [0.5, 0.6) is 11.5 Å². The van der Waals surface area contributed by atoms with E-state index in [0.29, 0.717) is 17.1 Å². The molecule has 132 valence electrons. The first-order valence-electron chi connectivity index (χ1n) is 8.29. The molecule has 0 aromatic heterocycles. The lowest BCUT2D eigenvalue weighted by molar-refractivity contribution is -0.118. The molecule has 0 saturated carbocycles. The van der Waals surface area contributed by atoms with Gasteiger partial charge in [0.25, 0.3) is 5.91 Å². The molecule has 0 aliphatic carbocycles. The summed E-state index contributed by atoms with van der Waals surface area (Å²) in [4.78, 5) is 23.1. The van der Waals surface area contributed by atoms with Gasteiger partial charge in [-0.2, -0.15) is 0 Å². The van der Waals surface area contributed by atoms with Crippen LogP contribution in [0.1, 0.15) is 35.3 Å². The smallest absolute Gasteiger partial charge is 0.262 e. The van der Waals surface area contributed by atoms with Crippen LogP contribution in [-0.4, -0.2) is 25.9 Å². The minimum absolute atomic E-state index is 0.141. The number of amides is 1. The van der Waals surface area contributed by atoms with E-state index in [1.54, 1.807) is 18.2 Å². The normalized spacial score (nSPS) is 10.2. The second kappa shape index (κ2) is 8.87. The monoisotopic (exact) mass is 341 g/mol. The molecule has 2 aromatic carbocycles. The van der Waals surface area contributed by atoms with Crippen molar-refractivity contribution in [1.29, 1.82) is 0 Å². The Bertz CT molecular complexity index is 733. The number of para-hydroxylation sites is 1. The molecule has 0 saturated heterocycles. The Morgan fingerprint density at radius 1 is 1.08 bits per heavy atom. The maximum atomic E-state index is 12.3. The van der Waals surface area contributed by atoms with Gasteiger partial charge < -0.3 is 14.8 Å². The second-order valence-corrected chi connectivity index (χ2v) is 5.52. The summed E-state index contributed by atoms with van der Waals surface area (Å²) in [7, 11) is 1.49. The van der Waals surface area contributed by atoms with E-state index in [4.69, 9.17) is 9.47 Å². The van der Waals surface area contributed by atoms with Crippen LogP contribution in [0, 0.1) is 0 Å². The topological polar surface area (TPSA) is 64.6 Å². The van der Waals surface area contributed by atoms with Crippen LogP contribution in [0.15, 0.2) is 36.4 Å². The molecule has 0 bridgehead atoms. The van der Waals surface area contributed by atoms with Crippen molar-refractivity contribution in [3.63, 3.8) is 0 Å². The van der Waals surface area contributed by atoms with Crippen molar-refractivity contribution in [3.05, 3.63) is 53.1 Å². The molecule has 25 heavy (non-hydrogen) atoms. The number of aldehydes is 1. The van der Waals surface area contributed by atoms with Crippen LogP contribution >= 0.6 is 0 Å². The Labute approximate surface area is 148 Å². The molecule has 0 unspecified atom stereocenters. The summed E-state index contributed by atoms with van der Waals surface area (Å²) in [6.45, 7) is 3.97. The van der Waals surface area contributed by atoms with E-state index in [1.165, 1.54) is 7.11 Å². The van der Waals surface area contributed by atoms with Gasteiger partial charge in [0.1, 0.15) is 6.29 Å². The number of methoxy groups -OCH3 is 1. The summed E-state index contributed by atoms with van der Waals surface area (Å²) in [6, 6.07) is 10.8. The van der Waals surface area contributed by atoms with E-state index in [1.807, 2.05) is 18.2 Å². The van der Waals surface area contributed by atoms with Gasteiger partial charge in [0, 0.05) is 11.3 Å². The highest BCUT2D eigenvalue weighted by Crippen LogP contribution is 2.28. The number of hydrogen-bond acceptors (Lipinski definition) is 4. The number of anilines is 1. The lowest BCUT2D eigenvalue weighted by Gasteiger charge is -2.15. The Hall–Kier alpha value is -2.82. The van der Waals surface area contributed by atoms with E-state index < -0.39 is 0 Å². The third-order valence-corrected chi connectivity index (χ3v) is 3.95. The zero-order valence-corrected chi connectivity index (χ0v) is 14.8. The van der Waals surface area contributed by atoms with Crippen LogP contribution in [0.2, 0.25) is 0 Å². The fourth-order valence-electron chi connectivity index (χ4n) is 2.60. The molecular weight excluding hydrogens is 318 g/mol. The predicted octanol–water partition coefficient (Wildman–Crippen LogP) is 3.65. The van der Waals surface area contributed by atoms with Gasteiger partial charge in [0.15, 0.2) is 18.1 Å². The fourth-order valence-corrected chi connectivity index (χ4v) is 2.60. The summed E-state index contributed by atoms with van der Waals surface area (Å²) in [6.07, 6.45) is 2.41. The highest BCUT2D eigenvalue weighted by Gasteiger charge is 2.12. The molecule has 2 rings (SSSR count). The van der Waals surface area contributed by atoms with Crippen LogP contribution in [0.25, 0.3) is 0 Å². The average Bonchev–Trinajstić information content (AvgIpc) is 2.66. The first kappa shape index (κ1) is 18.5. The largest absolute Gasteiger partial charge is 0.493 e. The highest BCUT2D eigenvalue weighted by molar-refractivity contribution is 5.93. The summed E-state index contributed by atoms with van der Waals surface area (Å²) in [5.74, 6) is 0.598. The number of aryl methyl sites for hydroxylation is 2. The molecule has 0 aliphatic rings. The SMILES string of the molecule is CCc1cccc(CC)c1NC(=O)COc1ccc(C=O)cc1OC. The van der Waals surface area contributed by atoms with Crippen molar-refractivity contribution in [3.8, 4) is 11.5 Å². The highest BCUT2D eigenvalue weighted by atomic mass is 16.5. The standard InChI is InChI=1S/C20H23NO4/c1-4-15-7-6-8-16(5-2)20(15)21-19(23)13-25-17-10-9-14(12-22)11-18(17)24-3/h6-12H,4-5,13H2,1-3H3,(H,21,23). The Morgan fingerprint density at radius 2 is 1.76 bits per heavy atom. The number of nitrogens with one attached hydrogen (secondary N) is 1. The molecule has 0 fully saturated rings. The van der Waals surface area contributed by atoms with Crippen molar-refractivity contribution in [2.45, 2.75) is 26.7 Å². The Kier molecular flexibility index (Phi) is 6.57. The zero-order chi connectivity index (χ0) is 18.2. The van der Waals surface area contributed by atoms with Crippen LogP contribution in [0.4, 0.5) is 5.69 Å². The van der Waals surface area contributed by atoms with Crippen molar-refractivity contribution >= 4 is 17.9 Å². The second-order valence-electron chi connectivity index (χ2n) is 5.52. The molecule has 1 N–H and O–H groups in total. The molecule has 5 heteroatoms. The van der Waals surface area contributed by atoms with Gasteiger partial charge in [-0.15, -0.1) is 0 Å². The number of ether oxygens (including phenoxy) is 2. The lowest BCUT2D eigenvalue weighted by Crippen LogP contribution is -2.22. The molecular formula is C20H23NO4. The van der Waals surface area contributed by atoms with E-state index in [2.05, 4.69) is 19.2 Å². The van der Waals surface area contributed by atoms with Crippen LogP contribution in [0.3, 0.4) is 0 Å². The van der Waals surface area contributed by atoms with Gasteiger partial charge in [-0.1, -0.05) is 32.0 Å². The van der Waals surface area contributed by atoms with Gasteiger partial charge in [0.05, 0.1) is 7.11 Å². The van der Waals surface area contributed by atoms with Gasteiger partial charge in [-0.25, -0.2) is 0 Å². The van der Waals surface area contributed by atoms with Gasteiger partial charge in [-0.3, -0.25) is 9.59 Å². The van der Waals surface area contributed by atoms with Crippen molar-refractivity contribution < 1.29 is 19.1 Å². The fraction of sp³-hybridized carbons (Fsp3) is 0.300. The summed E-state index contributed by atoms with van der Waals surface area (Å²) >= 11 is 0. The Balaban J connectivity index is 2.08. The van der Waals surface area contributed by atoms with E-state index in [9.17, 15) is 9.59 Å². The summed E-state index contributed by atoms with van der Waals surface area (Å²) in [5, 5.41) is 2.95. The van der Waals surface area contributed by atoms with E-state index >= 15 is 0 Å². The quantitative estimate of drug-likeness (QED) is 0.744. The predicted molar refractivity (Wildman–Crippen MR) is 97.7 cm³/mol. The van der Waals surface area contributed by atoms with Gasteiger partial charge in [-0.05, 0) is 42.2 Å². The van der Waals surface area contributed by atoms with Crippen molar-refractivity contribution in [1.82, 2.24) is 0 Å².